The van der Waals surface area contributed by atoms with Gasteiger partial charge in [-0.05, 0) is 0 Å². The van der Waals surface area contributed by atoms with E-state index in [4.69, 9.17) is 34.6 Å². The van der Waals surface area contributed by atoms with E-state index >= 15 is 0 Å². The largest absolute Gasteiger partial charge is 0.459 e. The molecule has 0 unspecified atom stereocenters. The molecular weight excluding hydrogens is 358 g/mol. The highest BCUT2D eigenvalue weighted by Gasteiger charge is 2.26. The third-order valence-electron chi connectivity index (χ3n) is 2.91. The molecule has 0 radical (unpaired) electrons. The molecular formula is C17H27N3O7. The van der Waals surface area contributed by atoms with Crippen molar-refractivity contribution in [2.45, 2.75) is 0 Å². The summed E-state index contributed by atoms with van der Waals surface area (Å²) in [4.78, 5) is 11.8. The van der Waals surface area contributed by atoms with E-state index in [9.17, 15) is 0 Å². The molecule has 1 aromatic rings. The number of hydrogen-bond acceptors (Lipinski definition) is 10. The number of hydrogen-bond donors (Lipinski definition) is 4. The molecule has 0 amide bonds. The highest BCUT2D eigenvalue weighted by Crippen LogP contribution is 2.14. The maximum Gasteiger partial charge on any atom is 0.326 e. The molecule has 1 aromatic heterocycles. The zero-order valence-electron chi connectivity index (χ0n) is 15.2. The monoisotopic (exact) mass is 385 g/mol. The lowest BCUT2D eigenvalue weighted by atomic mass is 9.93. The van der Waals surface area contributed by atoms with Crippen LogP contribution in [0.2, 0.25) is 0 Å². The Kier molecular flexibility index (Phi) is 13.2. The van der Waals surface area contributed by atoms with Crippen LogP contribution in [-0.2, 0) is 0 Å². The Labute approximate surface area is 158 Å². The van der Waals surface area contributed by atoms with E-state index in [2.05, 4.69) is 34.7 Å². The minimum Gasteiger partial charge on any atom is -0.459 e. The second-order valence-corrected chi connectivity index (χ2v) is 5.11. The maximum absolute atomic E-state index is 8.50. The Morgan fingerprint density at radius 1 is 0.630 bits per heavy atom. The quantitative estimate of drug-likeness (QED) is 0.328. The normalized spacial score (nSPS) is 10.2. The van der Waals surface area contributed by atoms with E-state index in [0.717, 1.165) is 0 Å². The van der Waals surface area contributed by atoms with Gasteiger partial charge in [-0.15, -0.1) is 15.0 Å². The topological polar surface area (TPSA) is 147 Å². The van der Waals surface area contributed by atoms with Crippen molar-refractivity contribution < 1.29 is 34.6 Å². The summed E-state index contributed by atoms with van der Waals surface area (Å²) in [5, 5.41) is 34.0. The summed E-state index contributed by atoms with van der Waals surface area (Å²) < 4.78 is 15.6. The summed E-state index contributed by atoms with van der Waals surface area (Å²) in [7, 11) is 0. The molecule has 0 spiro atoms. The van der Waals surface area contributed by atoms with Crippen molar-refractivity contribution >= 4 is 0 Å². The first-order valence-electron chi connectivity index (χ1n) is 7.95. The van der Waals surface area contributed by atoms with Gasteiger partial charge < -0.3 is 34.6 Å². The predicted octanol–water partition coefficient (Wildman–Crippen LogP) is -0.492. The second-order valence-electron chi connectivity index (χ2n) is 5.11. The number of nitrogens with zero attached hydrogens (tertiary/aromatic N) is 3. The first-order chi connectivity index (χ1) is 13.0. The number of aliphatic hydroxyl groups is 4. The molecule has 10 nitrogen and oxygen atoms in total. The molecule has 0 saturated heterocycles. The second kappa shape index (κ2) is 14.6. The van der Waals surface area contributed by atoms with Gasteiger partial charge >= 0.3 is 18.0 Å². The van der Waals surface area contributed by atoms with Gasteiger partial charge in [-0.2, -0.15) is 0 Å². The van der Waals surface area contributed by atoms with E-state index in [1.54, 1.807) is 18.2 Å². The molecule has 10 heteroatoms. The number of aromatic nitrogens is 3. The van der Waals surface area contributed by atoms with Crippen molar-refractivity contribution in [2.75, 3.05) is 46.2 Å². The van der Waals surface area contributed by atoms with E-state index < -0.39 is 31.8 Å². The molecule has 27 heavy (non-hydrogen) atoms. The number of ether oxygens (including phenoxy) is 3. The molecule has 0 aromatic carbocycles. The van der Waals surface area contributed by atoms with Crippen molar-refractivity contribution in [3.63, 3.8) is 0 Å². The van der Waals surface area contributed by atoms with Crippen LogP contribution in [0.15, 0.2) is 38.0 Å². The summed E-state index contributed by atoms with van der Waals surface area (Å²) in [5.74, 6) is 0. The Balaban J connectivity index is 0.000000636. The highest BCUT2D eigenvalue weighted by atomic mass is 16.5. The summed E-state index contributed by atoms with van der Waals surface area (Å²) in [6, 6.07) is 0.342. The molecule has 0 saturated carbocycles. The average molecular weight is 385 g/mol. The molecule has 0 bridgehead atoms. The van der Waals surface area contributed by atoms with Crippen LogP contribution in [0.5, 0.6) is 18.0 Å². The van der Waals surface area contributed by atoms with Gasteiger partial charge in [0.2, 0.25) is 0 Å². The molecule has 4 N–H and O–H groups in total. The van der Waals surface area contributed by atoms with Gasteiger partial charge in [0.1, 0.15) is 19.8 Å². The minimum absolute atomic E-state index is 0.114. The molecule has 0 atom stereocenters. The third-order valence-corrected chi connectivity index (χ3v) is 2.91. The Hall–Kier alpha value is -2.53. The summed E-state index contributed by atoms with van der Waals surface area (Å²) in [6.07, 6.45) is 4.75. The van der Waals surface area contributed by atoms with Crippen LogP contribution in [0, 0.1) is 5.41 Å². The van der Waals surface area contributed by atoms with Crippen LogP contribution in [0.25, 0.3) is 0 Å². The van der Waals surface area contributed by atoms with Crippen LogP contribution in [-0.4, -0.2) is 81.6 Å². The Morgan fingerprint density at radius 3 is 1.04 bits per heavy atom. The lowest BCUT2D eigenvalue weighted by molar-refractivity contribution is -0.0328. The highest BCUT2D eigenvalue weighted by molar-refractivity contribution is 5.09. The van der Waals surface area contributed by atoms with Gasteiger partial charge in [0.05, 0.1) is 31.8 Å². The van der Waals surface area contributed by atoms with E-state index in [-0.39, 0.29) is 37.9 Å². The van der Waals surface area contributed by atoms with Crippen molar-refractivity contribution in [3.05, 3.63) is 38.0 Å². The molecule has 0 fully saturated rings. The first kappa shape index (κ1) is 24.5. The molecule has 0 aliphatic heterocycles. The zero-order chi connectivity index (χ0) is 20.5. The van der Waals surface area contributed by atoms with Crippen LogP contribution < -0.4 is 14.2 Å². The SMILES string of the molecule is C=CCOc1nc(OCC=C)nc(OCC=C)n1.OCC(CO)(CO)CO. The van der Waals surface area contributed by atoms with Crippen LogP contribution >= 0.6 is 0 Å². The van der Waals surface area contributed by atoms with Crippen molar-refractivity contribution in [2.24, 2.45) is 5.41 Å². The van der Waals surface area contributed by atoms with Crippen LogP contribution in [0.1, 0.15) is 0 Å². The van der Waals surface area contributed by atoms with Crippen molar-refractivity contribution in [1.29, 1.82) is 0 Å². The van der Waals surface area contributed by atoms with E-state index in [0.29, 0.717) is 0 Å². The summed E-state index contributed by atoms with van der Waals surface area (Å²) in [6.45, 7) is 9.83. The zero-order valence-corrected chi connectivity index (χ0v) is 15.2. The maximum atomic E-state index is 8.50. The fraction of sp³-hybridized carbons (Fsp3) is 0.471. The lowest BCUT2D eigenvalue weighted by Crippen LogP contribution is -2.37. The van der Waals surface area contributed by atoms with Gasteiger partial charge in [-0.3, -0.25) is 0 Å². The van der Waals surface area contributed by atoms with Gasteiger partial charge in [0.15, 0.2) is 0 Å². The fourth-order valence-electron chi connectivity index (χ4n) is 1.21. The fourth-order valence-corrected chi connectivity index (χ4v) is 1.21. The molecule has 1 heterocycles. The smallest absolute Gasteiger partial charge is 0.326 e. The average Bonchev–Trinajstić information content (AvgIpc) is 2.71. The molecule has 1 rings (SSSR count). The Morgan fingerprint density at radius 2 is 0.889 bits per heavy atom. The van der Waals surface area contributed by atoms with E-state index in [1.165, 1.54) is 0 Å². The van der Waals surface area contributed by atoms with Gasteiger partial charge in [0.25, 0.3) is 0 Å². The van der Waals surface area contributed by atoms with Gasteiger partial charge in [0, 0.05) is 0 Å². The van der Waals surface area contributed by atoms with Gasteiger partial charge in [-0.25, -0.2) is 0 Å². The molecule has 152 valence electrons. The minimum atomic E-state index is -1.11. The van der Waals surface area contributed by atoms with Gasteiger partial charge in [-0.1, -0.05) is 38.0 Å². The van der Waals surface area contributed by atoms with Crippen molar-refractivity contribution in [1.82, 2.24) is 15.0 Å². The van der Waals surface area contributed by atoms with Crippen LogP contribution in [0.4, 0.5) is 0 Å². The van der Waals surface area contributed by atoms with E-state index in [1.807, 2.05) is 0 Å². The number of aliphatic hydroxyl groups excluding tert-OH is 4. The standard InChI is InChI=1S/C12H15N3O3.C5H12O4/c1-4-7-16-10-13-11(17-8-5-2)15-12(14-10)18-9-6-3;6-1-5(2-7,3-8)4-9/h4-6H,1-3,7-9H2;6-9H,1-4H2. The van der Waals surface area contributed by atoms with Crippen LogP contribution in [0.3, 0.4) is 0 Å². The number of rotatable bonds is 13. The first-order valence-corrected chi connectivity index (χ1v) is 7.95. The Bertz CT molecular complexity index is 474. The third kappa shape index (κ3) is 9.66. The summed E-state index contributed by atoms with van der Waals surface area (Å²) >= 11 is 0. The molecule has 0 aliphatic carbocycles. The lowest BCUT2D eigenvalue weighted by Gasteiger charge is -2.23. The van der Waals surface area contributed by atoms with Crippen molar-refractivity contribution in [3.8, 4) is 18.0 Å². The summed E-state index contributed by atoms with van der Waals surface area (Å²) in [5.41, 5.74) is -1.11. The predicted molar refractivity (Wildman–Crippen MR) is 97.7 cm³/mol. The molecule has 0 aliphatic rings.